The Bertz CT molecular complexity index is 586. The van der Waals surface area contributed by atoms with Crippen LogP contribution >= 0.6 is 11.3 Å². The first kappa shape index (κ1) is 13.9. The molecule has 1 saturated heterocycles. The van der Waals surface area contributed by atoms with Gasteiger partial charge in [-0.15, -0.1) is 0 Å². The van der Waals surface area contributed by atoms with Crippen LogP contribution in [0.1, 0.15) is 5.56 Å². The Morgan fingerprint density at radius 1 is 1.10 bits per heavy atom. The molecule has 2 aromatic rings. The average Bonchev–Trinajstić information content (AvgIpc) is 3.01. The molecule has 0 radical (unpaired) electrons. The lowest BCUT2D eigenvalue weighted by molar-refractivity contribution is -0.130. The van der Waals surface area contributed by atoms with Gasteiger partial charge < -0.3 is 15.5 Å². The van der Waals surface area contributed by atoms with Gasteiger partial charge in [0.1, 0.15) is 0 Å². The van der Waals surface area contributed by atoms with Crippen LogP contribution < -0.4 is 10.6 Å². The van der Waals surface area contributed by atoms with Gasteiger partial charge in [0.15, 0.2) is 0 Å². The number of anilines is 2. The third-order valence-corrected chi connectivity index (χ3v) is 4.56. The molecule has 1 aromatic carbocycles. The molecule has 1 amide bonds. The fourth-order valence-electron chi connectivity index (χ4n) is 2.58. The lowest BCUT2D eigenvalue weighted by Crippen LogP contribution is -2.49. The van der Waals surface area contributed by atoms with Crippen LogP contribution in [0.4, 0.5) is 11.4 Å². The highest BCUT2D eigenvalue weighted by atomic mass is 32.1. The number of amides is 1. The molecule has 0 unspecified atom stereocenters. The molecule has 2 N–H and O–H groups in total. The molecular weight excluding hydrogens is 282 g/mol. The minimum absolute atomic E-state index is 0.227. The van der Waals surface area contributed by atoms with E-state index in [9.17, 15) is 4.79 Å². The van der Waals surface area contributed by atoms with Crippen molar-refractivity contribution >= 4 is 28.6 Å². The highest BCUT2D eigenvalue weighted by Crippen LogP contribution is 2.18. The molecule has 5 heteroatoms. The fourth-order valence-corrected chi connectivity index (χ4v) is 3.25. The highest BCUT2D eigenvalue weighted by Gasteiger charge is 2.21. The van der Waals surface area contributed by atoms with Crippen molar-refractivity contribution in [2.75, 3.05) is 36.8 Å². The maximum absolute atomic E-state index is 12.2. The quantitative estimate of drug-likeness (QED) is 0.884. The number of hydrogen-bond donors (Lipinski definition) is 1. The zero-order valence-corrected chi connectivity index (χ0v) is 12.7. The third kappa shape index (κ3) is 3.36. The predicted molar refractivity (Wildman–Crippen MR) is 87.7 cm³/mol. The van der Waals surface area contributed by atoms with Crippen molar-refractivity contribution in [3.05, 3.63) is 46.7 Å². The molecule has 21 heavy (non-hydrogen) atoms. The predicted octanol–water partition coefficient (Wildman–Crippen LogP) is 2.22. The second-order valence-corrected chi connectivity index (χ2v) is 6.05. The summed E-state index contributed by atoms with van der Waals surface area (Å²) in [5, 5.41) is 4.06. The molecule has 110 valence electrons. The molecule has 0 aliphatic carbocycles. The lowest BCUT2D eigenvalue weighted by Gasteiger charge is -2.36. The third-order valence-electron chi connectivity index (χ3n) is 3.83. The van der Waals surface area contributed by atoms with Gasteiger partial charge in [-0.25, -0.2) is 0 Å². The van der Waals surface area contributed by atoms with Gasteiger partial charge in [0, 0.05) is 37.6 Å². The monoisotopic (exact) mass is 301 g/mol. The number of piperazine rings is 1. The van der Waals surface area contributed by atoms with Gasteiger partial charge in [-0.05, 0) is 46.7 Å². The molecule has 0 spiro atoms. The van der Waals surface area contributed by atoms with E-state index in [2.05, 4.69) is 4.90 Å². The largest absolute Gasteiger partial charge is 0.399 e. The summed E-state index contributed by atoms with van der Waals surface area (Å²) in [7, 11) is 0. The summed E-state index contributed by atoms with van der Waals surface area (Å²) < 4.78 is 0. The van der Waals surface area contributed by atoms with E-state index >= 15 is 0 Å². The first-order valence-corrected chi connectivity index (χ1v) is 8.06. The topological polar surface area (TPSA) is 49.6 Å². The summed E-state index contributed by atoms with van der Waals surface area (Å²) in [5.74, 6) is 0.227. The van der Waals surface area contributed by atoms with Crippen molar-refractivity contribution in [2.24, 2.45) is 0 Å². The molecular formula is C16H19N3OS. The van der Waals surface area contributed by atoms with Gasteiger partial charge in [0.05, 0.1) is 6.42 Å². The number of thiophene rings is 1. The van der Waals surface area contributed by atoms with Gasteiger partial charge in [-0.3, -0.25) is 4.79 Å². The Labute approximate surface area is 128 Å². The van der Waals surface area contributed by atoms with E-state index in [-0.39, 0.29) is 5.91 Å². The molecule has 0 saturated carbocycles. The summed E-state index contributed by atoms with van der Waals surface area (Å²) in [6.45, 7) is 3.32. The minimum Gasteiger partial charge on any atom is -0.399 e. The molecule has 0 atom stereocenters. The van der Waals surface area contributed by atoms with Gasteiger partial charge >= 0.3 is 0 Å². The van der Waals surface area contributed by atoms with Crippen LogP contribution in [-0.2, 0) is 11.2 Å². The van der Waals surface area contributed by atoms with Crippen LogP contribution in [0.2, 0.25) is 0 Å². The summed E-state index contributed by atoms with van der Waals surface area (Å²) in [6.07, 6.45) is 0.519. The summed E-state index contributed by atoms with van der Waals surface area (Å²) in [5.41, 5.74) is 8.78. The van der Waals surface area contributed by atoms with Gasteiger partial charge in [0.2, 0.25) is 5.91 Å². The molecule has 2 heterocycles. The number of nitrogens with two attached hydrogens (primary N) is 1. The molecule has 4 nitrogen and oxygen atoms in total. The number of carbonyl (C=O) groups excluding carboxylic acids is 1. The SMILES string of the molecule is Nc1ccc(N2CCN(C(=O)Cc3ccsc3)CC2)cc1. The van der Waals surface area contributed by atoms with Gasteiger partial charge in [0.25, 0.3) is 0 Å². The Morgan fingerprint density at radius 2 is 1.81 bits per heavy atom. The average molecular weight is 301 g/mol. The summed E-state index contributed by atoms with van der Waals surface area (Å²) >= 11 is 1.64. The van der Waals surface area contributed by atoms with Crippen molar-refractivity contribution in [1.29, 1.82) is 0 Å². The van der Waals surface area contributed by atoms with E-state index in [1.165, 1.54) is 5.69 Å². The van der Waals surface area contributed by atoms with E-state index in [1.54, 1.807) is 11.3 Å². The molecule has 1 aromatic heterocycles. The number of nitrogens with zero attached hydrogens (tertiary/aromatic N) is 2. The van der Waals surface area contributed by atoms with Crippen LogP contribution in [0.5, 0.6) is 0 Å². The Balaban J connectivity index is 1.55. The van der Waals surface area contributed by atoms with E-state index in [1.807, 2.05) is 46.0 Å². The standard InChI is InChI=1S/C16H19N3OS/c17-14-1-3-15(4-2-14)18-6-8-19(9-7-18)16(20)11-13-5-10-21-12-13/h1-5,10,12H,6-9,11,17H2. The summed E-state index contributed by atoms with van der Waals surface area (Å²) in [4.78, 5) is 16.5. The zero-order valence-electron chi connectivity index (χ0n) is 11.9. The van der Waals surface area contributed by atoms with Crippen LogP contribution in [0.25, 0.3) is 0 Å². The maximum atomic E-state index is 12.2. The minimum atomic E-state index is 0.227. The highest BCUT2D eigenvalue weighted by molar-refractivity contribution is 7.07. The number of carbonyl (C=O) groups is 1. The molecule has 0 bridgehead atoms. The van der Waals surface area contributed by atoms with Crippen molar-refractivity contribution in [3.63, 3.8) is 0 Å². The molecule has 1 aliphatic heterocycles. The smallest absolute Gasteiger partial charge is 0.227 e. The van der Waals surface area contributed by atoms with Crippen LogP contribution in [0, 0.1) is 0 Å². The molecule has 1 fully saturated rings. The van der Waals surface area contributed by atoms with Gasteiger partial charge in [-0.2, -0.15) is 11.3 Å². The first-order chi connectivity index (χ1) is 10.2. The molecule has 1 aliphatic rings. The number of nitrogen functional groups attached to an aromatic ring is 1. The van der Waals surface area contributed by atoms with E-state index in [0.717, 1.165) is 37.4 Å². The van der Waals surface area contributed by atoms with Crippen molar-refractivity contribution < 1.29 is 4.79 Å². The van der Waals surface area contributed by atoms with Gasteiger partial charge in [-0.1, -0.05) is 0 Å². The Kier molecular flexibility index (Phi) is 4.10. The van der Waals surface area contributed by atoms with E-state index in [4.69, 9.17) is 5.73 Å². The normalized spacial score (nSPS) is 15.2. The Morgan fingerprint density at radius 3 is 2.43 bits per heavy atom. The van der Waals surface area contributed by atoms with Crippen LogP contribution in [0.3, 0.4) is 0 Å². The Hall–Kier alpha value is -2.01. The van der Waals surface area contributed by atoms with Crippen LogP contribution in [-0.4, -0.2) is 37.0 Å². The molecule has 3 rings (SSSR count). The first-order valence-electron chi connectivity index (χ1n) is 7.12. The van der Waals surface area contributed by atoms with Crippen molar-refractivity contribution in [3.8, 4) is 0 Å². The fraction of sp³-hybridized carbons (Fsp3) is 0.312. The second kappa shape index (κ2) is 6.18. The number of hydrogen-bond acceptors (Lipinski definition) is 4. The van der Waals surface area contributed by atoms with Crippen LogP contribution in [0.15, 0.2) is 41.1 Å². The van der Waals surface area contributed by atoms with E-state index in [0.29, 0.717) is 6.42 Å². The van der Waals surface area contributed by atoms with Crippen molar-refractivity contribution in [2.45, 2.75) is 6.42 Å². The number of rotatable bonds is 3. The number of benzene rings is 1. The van der Waals surface area contributed by atoms with E-state index < -0.39 is 0 Å². The van der Waals surface area contributed by atoms with Crippen molar-refractivity contribution in [1.82, 2.24) is 4.90 Å². The maximum Gasteiger partial charge on any atom is 0.227 e. The zero-order chi connectivity index (χ0) is 14.7. The summed E-state index contributed by atoms with van der Waals surface area (Å²) in [6, 6.07) is 9.94. The second-order valence-electron chi connectivity index (χ2n) is 5.27. The lowest BCUT2D eigenvalue weighted by atomic mass is 10.2.